The topological polar surface area (TPSA) is 16.4 Å². The van der Waals surface area contributed by atoms with Gasteiger partial charge in [-0.2, -0.15) is 0 Å². The molecule has 0 saturated carbocycles. The van der Waals surface area contributed by atoms with E-state index in [0.717, 1.165) is 32.2 Å². The van der Waals surface area contributed by atoms with Crippen LogP contribution in [0.1, 0.15) is 43.6 Å². The summed E-state index contributed by atoms with van der Waals surface area (Å²) in [7, 11) is 0. The Bertz CT molecular complexity index is 4550. The maximum atomic E-state index is 9.89. The summed E-state index contributed by atoms with van der Waals surface area (Å²) in [5, 5.41) is 3.23. The lowest BCUT2D eigenvalue weighted by Gasteiger charge is -2.28. The third-order valence-electron chi connectivity index (χ3n) is 11.3. The summed E-state index contributed by atoms with van der Waals surface area (Å²) in [6.45, 7) is 0. The quantitative estimate of drug-likeness (QED) is 0.152. The molecule has 0 fully saturated rings. The smallest absolute Gasteiger partial charge is 0.136 e. The first-order valence-corrected chi connectivity index (χ1v) is 20.5. The highest BCUT2D eigenvalue weighted by Gasteiger charge is 2.21. The van der Waals surface area contributed by atoms with Gasteiger partial charge in [-0.15, -0.1) is 0 Å². The van der Waals surface area contributed by atoms with Crippen molar-refractivity contribution in [3.63, 3.8) is 0 Å². The number of allylic oxidation sites excluding steroid dienone is 1. The van der Waals surface area contributed by atoms with Gasteiger partial charge in [-0.25, -0.2) is 0 Å². The number of rotatable bonds is 8. The highest BCUT2D eigenvalue weighted by Crippen LogP contribution is 2.46. The molecular formula is C62H43NO. The number of hydrogen-bond acceptors (Lipinski definition) is 2. The van der Waals surface area contributed by atoms with Gasteiger partial charge in [0.25, 0.3) is 0 Å². The van der Waals surface area contributed by atoms with E-state index in [9.17, 15) is 16.4 Å². The number of benzene rings is 10. The van der Waals surface area contributed by atoms with Crippen LogP contribution in [-0.4, -0.2) is 0 Å². The molecule has 0 amide bonds. The first-order chi connectivity index (χ1) is 39.7. The van der Waals surface area contributed by atoms with Gasteiger partial charge in [0, 0.05) is 30.5 Å². The Morgan fingerprint density at radius 2 is 1.03 bits per heavy atom. The van der Waals surface area contributed by atoms with E-state index < -0.39 is 155 Å². The zero-order valence-electron chi connectivity index (χ0n) is 52.7. The molecule has 0 N–H and O–H groups in total. The lowest BCUT2D eigenvalue weighted by molar-refractivity contribution is 0.669. The van der Waals surface area contributed by atoms with Crippen molar-refractivity contribution in [3.05, 3.63) is 241 Å². The minimum Gasteiger partial charge on any atom is -0.456 e. The Balaban J connectivity index is 1.11. The molecule has 2 unspecified atom stereocenters. The zero-order chi connectivity index (χ0) is 58.9. The van der Waals surface area contributed by atoms with Crippen molar-refractivity contribution < 1.29 is 30.5 Å². The minimum absolute atomic E-state index is 0.0528. The van der Waals surface area contributed by atoms with Crippen LogP contribution < -0.4 is 4.90 Å². The maximum absolute atomic E-state index is 9.89. The van der Waals surface area contributed by atoms with Gasteiger partial charge in [0.15, 0.2) is 0 Å². The maximum Gasteiger partial charge on any atom is 0.136 e. The molecule has 12 rings (SSSR count). The molecule has 11 aromatic rings. The zero-order valence-corrected chi connectivity index (χ0v) is 33.7. The number of hydrogen-bond donors (Lipinski definition) is 0. The van der Waals surface area contributed by atoms with E-state index in [1.165, 1.54) is 0 Å². The van der Waals surface area contributed by atoms with Crippen LogP contribution >= 0.6 is 0 Å². The molecule has 1 aromatic heterocycles. The normalized spacial score (nSPS) is 19.0. The molecule has 0 radical (unpaired) electrons. The summed E-state index contributed by atoms with van der Waals surface area (Å²) >= 11 is 0. The second-order valence-electron chi connectivity index (χ2n) is 15.1. The fourth-order valence-corrected chi connectivity index (χ4v) is 8.21. The SMILES string of the molecule is [2H]C1=C([2H])C([2H])C([2H])c2c([2H])c([2H])c([2H])c(-c3c([2H])c([2H])c(-c4c([2H])c([2H])c(N(c5ccccc5-c5cccc6oc7cc8ccccc8cc7c56)c5c([2H])c([2H])c(-c6ccc(-c7ccccc7)cc6)c([2H])c5[2H])c([2H])c4[2H])c([2H])c3[2H])c21. The van der Waals surface area contributed by atoms with Crippen molar-refractivity contribution >= 4 is 55.8 Å². The Morgan fingerprint density at radius 1 is 0.453 bits per heavy atom. The van der Waals surface area contributed by atoms with Gasteiger partial charge in [0.2, 0.25) is 0 Å². The van der Waals surface area contributed by atoms with Gasteiger partial charge < -0.3 is 9.32 Å². The minimum atomic E-state index is -1.68. The third-order valence-corrected chi connectivity index (χ3v) is 11.3. The predicted octanol–water partition coefficient (Wildman–Crippen LogP) is 17.5. The first kappa shape index (κ1) is 22.8. The molecule has 2 nitrogen and oxygen atoms in total. The fourth-order valence-electron chi connectivity index (χ4n) is 8.21. The Hall–Kier alpha value is -8.20. The van der Waals surface area contributed by atoms with Gasteiger partial charge in [0.1, 0.15) is 11.2 Å². The molecule has 10 aromatic carbocycles. The lowest BCUT2D eigenvalue weighted by atomic mass is 9.89. The molecule has 2 heteroatoms. The van der Waals surface area contributed by atoms with Gasteiger partial charge in [-0.05, 0) is 133 Å². The molecule has 1 heterocycles. The molecule has 64 heavy (non-hydrogen) atoms. The van der Waals surface area contributed by atoms with Crippen molar-refractivity contribution in [2.45, 2.75) is 12.8 Å². The molecule has 0 aliphatic heterocycles. The molecule has 0 spiro atoms. The van der Waals surface area contributed by atoms with E-state index in [1.807, 2.05) is 72.8 Å². The van der Waals surface area contributed by atoms with Gasteiger partial charge >= 0.3 is 0 Å². The molecule has 0 bridgehead atoms. The summed E-state index contributed by atoms with van der Waals surface area (Å²) in [6, 6.07) is 27.2. The van der Waals surface area contributed by atoms with Crippen LogP contribution in [0.3, 0.4) is 0 Å². The molecule has 1 aliphatic carbocycles. The first-order valence-electron chi connectivity index (χ1n) is 30.2. The second kappa shape index (κ2) is 15.9. The van der Waals surface area contributed by atoms with E-state index in [1.54, 1.807) is 60.7 Å². The average Bonchev–Trinajstić information content (AvgIpc) is 1.43. The van der Waals surface area contributed by atoms with E-state index >= 15 is 0 Å². The van der Waals surface area contributed by atoms with Crippen LogP contribution in [0.2, 0.25) is 0 Å². The summed E-state index contributed by atoms with van der Waals surface area (Å²) in [5.74, 6) is 0. The van der Waals surface area contributed by atoms with Crippen LogP contribution in [0.25, 0.3) is 94.4 Å². The largest absolute Gasteiger partial charge is 0.456 e. The van der Waals surface area contributed by atoms with Crippen molar-refractivity contribution in [1.29, 1.82) is 0 Å². The fraction of sp³-hybridized carbons (Fsp3) is 0.0323. The van der Waals surface area contributed by atoms with E-state index in [0.29, 0.717) is 33.2 Å². The average molecular weight is 837 g/mol. The summed E-state index contributed by atoms with van der Waals surface area (Å²) in [4.78, 5) is 1.15. The van der Waals surface area contributed by atoms with Crippen LogP contribution in [-0.2, 0) is 6.40 Å². The van der Waals surface area contributed by atoms with Crippen molar-refractivity contribution in [2.24, 2.45) is 0 Å². The predicted molar refractivity (Wildman–Crippen MR) is 270 cm³/mol. The van der Waals surface area contributed by atoms with E-state index in [2.05, 4.69) is 0 Å². The summed E-state index contributed by atoms with van der Waals surface area (Å²) < 4.78 is 183. The number of nitrogens with zero attached hydrogens (tertiary/aromatic N) is 1. The van der Waals surface area contributed by atoms with Crippen molar-refractivity contribution in [2.75, 3.05) is 4.90 Å². The number of furan rings is 1. The van der Waals surface area contributed by atoms with Crippen LogP contribution in [0.15, 0.2) is 235 Å². The van der Waals surface area contributed by atoms with Crippen molar-refractivity contribution in [1.82, 2.24) is 0 Å². The molecular weight excluding hydrogens is 775 g/mol. The Labute approximate surface area is 400 Å². The third kappa shape index (κ3) is 6.77. The van der Waals surface area contributed by atoms with Crippen molar-refractivity contribution in [3.8, 4) is 55.6 Å². The van der Waals surface area contributed by atoms with E-state index in [4.69, 9.17) is 14.0 Å². The van der Waals surface area contributed by atoms with Crippen LogP contribution in [0.5, 0.6) is 0 Å². The molecule has 0 saturated heterocycles. The second-order valence-corrected chi connectivity index (χ2v) is 15.1. The highest BCUT2D eigenvalue weighted by atomic mass is 16.3. The number of para-hydroxylation sites is 1. The monoisotopic (exact) mass is 836 g/mol. The molecule has 2 atom stereocenters. The standard InChI is InChI=1S/C62H43NO/c1-2-12-42(13-3-1)43-24-26-44(27-25-43)46-32-36-52(37-33-46)63(53-38-34-47(35-39-53)45-28-30-49(31-29-45)55-20-10-17-48-14-6-7-18-54(48)55)59-22-9-8-19-56(59)57-21-11-23-60-62(57)58-40-50-15-4-5-16-51(50)41-61(58)64-60/h1-5,7-13,15-41H,6,14H2/i6D,7D,10D,14D,17D,18D,20D,28D,29D,30D,31D,32D,33D,34D,35D,36D,37D,38D,39D. The van der Waals surface area contributed by atoms with Gasteiger partial charge in [-0.3, -0.25) is 0 Å². The van der Waals surface area contributed by atoms with Gasteiger partial charge in [0.05, 0.1) is 29.0 Å². The summed E-state index contributed by atoms with van der Waals surface area (Å²) in [5.41, 5.74) is -0.339. The Morgan fingerprint density at radius 3 is 1.77 bits per heavy atom. The molecule has 1 aliphatic rings. The Kier molecular flexibility index (Phi) is 5.66. The van der Waals surface area contributed by atoms with E-state index in [-0.39, 0.29) is 16.8 Å². The number of anilines is 3. The molecule has 302 valence electrons. The lowest BCUT2D eigenvalue weighted by Crippen LogP contribution is -2.11. The van der Waals surface area contributed by atoms with Gasteiger partial charge in [-0.1, -0.05) is 188 Å². The number of fused-ring (bicyclic) bond motifs is 5. The van der Waals surface area contributed by atoms with Crippen LogP contribution in [0.4, 0.5) is 17.1 Å². The van der Waals surface area contributed by atoms with Crippen LogP contribution in [0, 0.1) is 0 Å². The summed E-state index contributed by atoms with van der Waals surface area (Å²) in [6.07, 6.45) is -3.33. The highest BCUT2D eigenvalue weighted by molar-refractivity contribution is 6.16.